The van der Waals surface area contributed by atoms with Gasteiger partial charge in [0.25, 0.3) is 0 Å². The molecule has 20 heavy (non-hydrogen) atoms. The number of hydrogen-bond donors (Lipinski definition) is 2. The average molecular weight is 284 g/mol. The van der Waals surface area contributed by atoms with Crippen molar-refractivity contribution in [3.8, 4) is 0 Å². The number of hydrogen-bond acceptors (Lipinski definition) is 3. The highest BCUT2D eigenvalue weighted by atomic mass is 16.4. The maximum absolute atomic E-state index is 11.9. The molecule has 6 nitrogen and oxygen atoms in total. The van der Waals surface area contributed by atoms with E-state index in [1.807, 2.05) is 4.90 Å². The molecule has 114 valence electrons. The van der Waals surface area contributed by atoms with Crippen LogP contribution in [0.3, 0.4) is 0 Å². The molecule has 0 saturated carbocycles. The minimum Gasteiger partial charge on any atom is -0.481 e. The summed E-state index contributed by atoms with van der Waals surface area (Å²) in [4.78, 5) is 36.2. The van der Waals surface area contributed by atoms with Crippen LogP contribution in [0.25, 0.3) is 0 Å². The lowest BCUT2D eigenvalue weighted by molar-refractivity contribution is -0.149. The number of aliphatic carboxylic acids is 1. The zero-order valence-corrected chi connectivity index (χ0v) is 12.3. The fourth-order valence-corrected chi connectivity index (χ4v) is 2.15. The molecule has 0 radical (unpaired) electrons. The van der Waals surface area contributed by atoms with E-state index in [-0.39, 0.29) is 31.2 Å². The Morgan fingerprint density at radius 2 is 1.75 bits per heavy atom. The zero-order valence-electron chi connectivity index (χ0n) is 12.3. The van der Waals surface area contributed by atoms with E-state index in [4.69, 9.17) is 5.11 Å². The lowest BCUT2D eigenvalue weighted by Gasteiger charge is -2.26. The van der Waals surface area contributed by atoms with E-state index in [1.165, 1.54) is 20.3 Å². The van der Waals surface area contributed by atoms with Crippen LogP contribution in [0.5, 0.6) is 0 Å². The van der Waals surface area contributed by atoms with E-state index in [0.717, 1.165) is 25.9 Å². The average Bonchev–Trinajstić information content (AvgIpc) is 2.38. The Morgan fingerprint density at radius 1 is 1.15 bits per heavy atom. The Labute approximate surface area is 119 Å². The molecule has 1 aliphatic heterocycles. The quantitative estimate of drug-likeness (QED) is 0.762. The van der Waals surface area contributed by atoms with Crippen LogP contribution < -0.4 is 5.32 Å². The van der Waals surface area contributed by atoms with Gasteiger partial charge in [0.1, 0.15) is 0 Å². The van der Waals surface area contributed by atoms with Crippen molar-refractivity contribution in [3.63, 3.8) is 0 Å². The molecule has 0 unspecified atom stereocenters. The molecule has 2 amide bonds. The van der Waals surface area contributed by atoms with Crippen LogP contribution in [0, 0.1) is 5.41 Å². The molecule has 0 aromatic heterocycles. The van der Waals surface area contributed by atoms with Crippen molar-refractivity contribution in [1.82, 2.24) is 10.2 Å². The van der Waals surface area contributed by atoms with Crippen molar-refractivity contribution < 1.29 is 19.5 Å². The molecule has 6 heteroatoms. The van der Waals surface area contributed by atoms with Crippen molar-refractivity contribution in [2.75, 3.05) is 19.6 Å². The monoisotopic (exact) mass is 284 g/mol. The molecule has 1 aliphatic rings. The van der Waals surface area contributed by atoms with Crippen molar-refractivity contribution in [1.29, 1.82) is 0 Å². The zero-order chi connectivity index (χ0) is 15.2. The van der Waals surface area contributed by atoms with Gasteiger partial charge in [0, 0.05) is 32.5 Å². The second-order valence-corrected chi connectivity index (χ2v) is 5.91. The van der Waals surface area contributed by atoms with Crippen molar-refractivity contribution in [2.45, 2.75) is 46.0 Å². The first-order valence-electron chi connectivity index (χ1n) is 7.11. The summed E-state index contributed by atoms with van der Waals surface area (Å²) in [7, 11) is 0. The fourth-order valence-electron chi connectivity index (χ4n) is 2.15. The molecule has 0 aliphatic carbocycles. The number of carbonyl (C=O) groups excluding carboxylic acids is 2. The number of likely N-dealkylation sites (tertiary alicyclic amines) is 1. The summed E-state index contributed by atoms with van der Waals surface area (Å²) < 4.78 is 0. The molecule has 1 rings (SSSR count). The van der Waals surface area contributed by atoms with E-state index in [0.29, 0.717) is 0 Å². The summed E-state index contributed by atoms with van der Waals surface area (Å²) in [5.74, 6) is -1.27. The van der Waals surface area contributed by atoms with Gasteiger partial charge in [0.15, 0.2) is 0 Å². The molecule has 0 aromatic rings. The van der Waals surface area contributed by atoms with Crippen LogP contribution in [0.1, 0.15) is 46.0 Å². The first-order valence-corrected chi connectivity index (χ1v) is 7.11. The maximum atomic E-state index is 11.9. The SMILES string of the molecule is CC(C)(CC(=O)NCCC(=O)N1CCCCC1)C(=O)O. The number of carbonyl (C=O) groups is 3. The highest BCUT2D eigenvalue weighted by Gasteiger charge is 2.30. The van der Waals surface area contributed by atoms with Gasteiger partial charge in [0.2, 0.25) is 11.8 Å². The molecule has 0 atom stereocenters. The van der Waals surface area contributed by atoms with Gasteiger partial charge >= 0.3 is 5.97 Å². The number of piperidine rings is 1. The van der Waals surface area contributed by atoms with Crippen molar-refractivity contribution >= 4 is 17.8 Å². The van der Waals surface area contributed by atoms with Crippen molar-refractivity contribution in [2.24, 2.45) is 5.41 Å². The molecular weight excluding hydrogens is 260 g/mol. The molecule has 0 spiro atoms. The summed E-state index contributed by atoms with van der Waals surface area (Å²) in [5, 5.41) is 11.5. The lowest BCUT2D eigenvalue weighted by atomic mass is 9.89. The Bertz CT molecular complexity index is 373. The van der Waals surface area contributed by atoms with Gasteiger partial charge in [-0.3, -0.25) is 14.4 Å². The minimum atomic E-state index is -1.08. The van der Waals surface area contributed by atoms with Gasteiger partial charge < -0.3 is 15.3 Å². The Kier molecular flexibility index (Phi) is 5.98. The van der Waals surface area contributed by atoms with Crippen LogP contribution in [-0.2, 0) is 14.4 Å². The number of nitrogens with one attached hydrogen (secondary N) is 1. The summed E-state index contributed by atoms with van der Waals surface area (Å²) in [6.45, 7) is 4.89. The van der Waals surface area contributed by atoms with Crippen LogP contribution >= 0.6 is 0 Å². The fraction of sp³-hybridized carbons (Fsp3) is 0.786. The molecule has 0 aromatic carbocycles. The Morgan fingerprint density at radius 3 is 2.30 bits per heavy atom. The molecule has 1 fully saturated rings. The van der Waals surface area contributed by atoms with Gasteiger partial charge in [-0.2, -0.15) is 0 Å². The second kappa shape index (κ2) is 7.26. The van der Waals surface area contributed by atoms with E-state index in [2.05, 4.69) is 5.32 Å². The second-order valence-electron chi connectivity index (χ2n) is 5.91. The van der Waals surface area contributed by atoms with E-state index in [9.17, 15) is 14.4 Å². The number of carboxylic acids is 1. The van der Waals surface area contributed by atoms with Crippen LogP contribution in [0.2, 0.25) is 0 Å². The van der Waals surface area contributed by atoms with Gasteiger partial charge in [-0.25, -0.2) is 0 Å². The highest BCUT2D eigenvalue weighted by Crippen LogP contribution is 2.19. The smallest absolute Gasteiger partial charge is 0.309 e. The first-order chi connectivity index (χ1) is 9.33. The van der Waals surface area contributed by atoms with E-state index >= 15 is 0 Å². The number of carboxylic acid groups (broad SMARTS) is 1. The van der Waals surface area contributed by atoms with Gasteiger partial charge in [-0.1, -0.05) is 0 Å². The Balaban J connectivity index is 2.24. The maximum Gasteiger partial charge on any atom is 0.309 e. The molecule has 2 N–H and O–H groups in total. The predicted octanol–water partition coefficient (Wildman–Crippen LogP) is 1.01. The van der Waals surface area contributed by atoms with Gasteiger partial charge in [0.05, 0.1) is 5.41 Å². The summed E-state index contributed by atoms with van der Waals surface area (Å²) in [6.07, 6.45) is 3.46. The Hall–Kier alpha value is -1.59. The number of nitrogens with zero attached hydrogens (tertiary/aromatic N) is 1. The lowest BCUT2D eigenvalue weighted by Crippen LogP contribution is -2.38. The highest BCUT2D eigenvalue weighted by molar-refractivity contribution is 5.84. The standard InChI is InChI=1S/C14H24N2O4/c1-14(2,13(19)20)10-11(17)15-7-6-12(18)16-8-4-3-5-9-16/h3-10H2,1-2H3,(H,15,17)(H,19,20). The molecular formula is C14H24N2O4. The van der Waals surface area contributed by atoms with Crippen molar-refractivity contribution in [3.05, 3.63) is 0 Å². The number of amides is 2. The van der Waals surface area contributed by atoms with Gasteiger partial charge in [-0.05, 0) is 33.1 Å². The first kappa shape index (κ1) is 16.5. The summed E-state index contributed by atoms with van der Waals surface area (Å²) in [6, 6.07) is 0. The third-order valence-electron chi connectivity index (χ3n) is 3.55. The molecule has 1 heterocycles. The van der Waals surface area contributed by atoms with Crippen LogP contribution in [0.4, 0.5) is 0 Å². The van der Waals surface area contributed by atoms with Crippen LogP contribution in [0.15, 0.2) is 0 Å². The van der Waals surface area contributed by atoms with Crippen LogP contribution in [-0.4, -0.2) is 47.4 Å². The van der Waals surface area contributed by atoms with E-state index < -0.39 is 11.4 Å². The summed E-state index contributed by atoms with van der Waals surface area (Å²) in [5.41, 5.74) is -1.08. The molecule has 0 bridgehead atoms. The third kappa shape index (κ3) is 5.19. The number of rotatable bonds is 6. The largest absolute Gasteiger partial charge is 0.481 e. The summed E-state index contributed by atoms with van der Waals surface area (Å²) >= 11 is 0. The minimum absolute atomic E-state index is 0.0579. The predicted molar refractivity (Wildman–Crippen MR) is 74.1 cm³/mol. The molecule has 1 saturated heterocycles. The van der Waals surface area contributed by atoms with E-state index in [1.54, 1.807) is 0 Å². The normalized spacial score (nSPS) is 15.8. The van der Waals surface area contributed by atoms with Gasteiger partial charge in [-0.15, -0.1) is 0 Å². The topological polar surface area (TPSA) is 86.7 Å². The third-order valence-corrected chi connectivity index (χ3v) is 3.55.